The van der Waals surface area contributed by atoms with E-state index in [0.717, 1.165) is 54.5 Å². The number of hydroxylamine groups is 1. The lowest BCUT2D eigenvalue weighted by Gasteiger charge is -2.32. The van der Waals surface area contributed by atoms with Crippen LogP contribution < -0.4 is 10.9 Å². The Kier molecular flexibility index (Phi) is 9.96. The topological polar surface area (TPSA) is 140 Å². The number of hydrazine groups is 1. The van der Waals surface area contributed by atoms with Crippen LogP contribution in [0.4, 0.5) is 0 Å². The van der Waals surface area contributed by atoms with Crippen molar-refractivity contribution in [3.63, 3.8) is 0 Å². The van der Waals surface area contributed by atoms with Crippen molar-refractivity contribution in [2.75, 3.05) is 19.7 Å². The fraction of sp³-hybridized carbons (Fsp3) is 0.500. The number of hydrogen-bond donors (Lipinski definition) is 2. The van der Waals surface area contributed by atoms with Crippen LogP contribution in [0.2, 0.25) is 0 Å². The molecule has 1 amide bonds. The summed E-state index contributed by atoms with van der Waals surface area (Å²) in [6, 6.07) is 11.5. The number of nitrogens with one attached hydrogen (secondary N) is 2. The van der Waals surface area contributed by atoms with Gasteiger partial charge in [-0.3, -0.25) is 10.2 Å². The van der Waals surface area contributed by atoms with Crippen LogP contribution in [0, 0.1) is 0 Å². The maximum absolute atomic E-state index is 14.5. The van der Waals surface area contributed by atoms with Gasteiger partial charge in [0.05, 0.1) is 19.2 Å². The van der Waals surface area contributed by atoms with Gasteiger partial charge in [-0.2, -0.15) is 0 Å². The molecule has 3 aliphatic rings. The fourth-order valence-corrected chi connectivity index (χ4v) is 9.86. The largest absolute Gasteiger partial charge is 0.444 e. The minimum Gasteiger partial charge on any atom is -0.444 e. The number of rotatable bonds is 9. The third kappa shape index (κ3) is 7.00. The first-order chi connectivity index (χ1) is 21.9. The predicted molar refractivity (Wildman–Crippen MR) is 169 cm³/mol. The van der Waals surface area contributed by atoms with E-state index in [1.165, 1.54) is 24.2 Å². The Labute approximate surface area is 266 Å². The first-order valence-corrected chi connectivity index (χ1v) is 17.8. The van der Waals surface area contributed by atoms with Crippen LogP contribution in [0.3, 0.4) is 0 Å². The second kappa shape index (κ2) is 14.1. The summed E-state index contributed by atoms with van der Waals surface area (Å²) in [6.07, 6.45) is 9.93. The Morgan fingerprint density at radius 3 is 2.56 bits per heavy atom. The SMILES string of the molecule is O=C=C1CN(NC2CCCCC2)CCC(CC(=O)NOC2CCCCO2)(c2ccc(-c3ccc(-c4cnco4)cc3)s2)S1(=O)=O. The highest BCUT2D eigenvalue weighted by atomic mass is 32.2. The van der Waals surface area contributed by atoms with Gasteiger partial charge in [0.2, 0.25) is 5.91 Å². The van der Waals surface area contributed by atoms with E-state index in [1.54, 1.807) is 18.2 Å². The molecule has 6 rings (SSSR count). The van der Waals surface area contributed by atoms with Gasteiger partial charge in [-0.1, -0.05) is 43.5 Å². The third-order valence-corrected chi connectivity index (χ3v) is 12.8. The summed E-state index contributed by atoms with van der Waals surface area (Å²) >= 11 is 1.30. The molecular weight excluding hydrogens is 617 g/mol. The number of carbonyl (C=O) groups is 1. The second-order valence-corrected chi connectivity index (χ2v) is 15.2. The number of sulfone groups is 1. The van der Waals surface area contributed by atoms with Crippen LogP contribution in [0.15, 0.2) is 58.3 Å². The molecule has 1 aromatic carbocycles. The molecule has 45 heavy (non-hydrogen) atoms. The van der Waals surface area contributed by atoms with Crippen LogP contribution in [-0.4, -0.2) is 62.3 Å². The van der Waals surface area contributed by atoms with E-state index in [1.807, 2.05) is 35.3 Å². The lowest BCUT2D eigenvalue weighted by atomic mass is 9.96. The summed E-state index contributed by atoms with van der Waals surface area (Å²) in [6.45, 7) is 0.743. The number of oxazole rings is 1. The maximum Gasteiger partial charge on any atom is 0.245 e. The molecule has 2 aromatic heterocycles. The number of carbonyl (C=O) groups excluding carboxylic acids is 2. The zero-order chi connectivity index (χ0) is 31.3. The Hall–Kier alpha value is -3.16. The number of nitrogens with zero attached hydrogens (tertiary/aromatic N) is 2. The molecule has 4 heterocycles. The summed E-state index contributed by atoms with van der Waals surface area (Å²) in [5, 5.41) is 1.82. The van der Waals surface area contributed by atoms with E-state index in [0.29, 0.717) is 30.2 Å². The molecule has 0 spiro atoms. The lowest BCUT2D eigenvalue weighted by Crippen LogP contribution is -2.46. The molecule has 2 N–H and O–H groups in total. The quantitative estimate of drug-likeness (QED) is 0.242. The van der Waals surface area contributed by atoms with Gasteiger partial charge in [0, 0.05) is 40.9 Å². The van der Waals surface area contributed by atoms with Gasteiger partial charge in [0.1, 0.15) is 15.6 Å². The van der Waals surface area contributed by atoms with Crippen molar-refractivity contribution in [1.29, 1.82) is 0 Å². The Morgan fingerprint density at radius 2 is 1.84 bits per heavy atom. The average Bonchev–Trinajstić information content (AvgIpc) is 3.77. The first kappa shape index (κ1) is 31.8. The minimum atomic E-state index is -4.33. The zero-order valence-electron chi connectivity index (χ0n) is 25.0. The van der Waals surface area contributed by atoms with Crippen molar-refractivity contribution < 1.29 is 32.0 Å². The lowest BCUT2D eigenvalue weighted by molar-refractivity contribution is -0.200. The smallest absolute Gasteiger partial charge is 0.245 e. The van der Waals surface area contributed by atoms with Crippen LogP contribution in [0.5, 0.6) is 0 Å². The standard InChI is InChI=1S/C32H38N4O7S2/c37-21-26-20-36(34-25-6-2-1-3-7-25)16-15-32(45(26,39)40,18-30(38)35-43-31-8-4-5-17-41-31)29-14-13-28(44-29)24-11-9-23(10-12-24)27-19-33-22-42-27/h9-14,19,22,25,31,34H,1-8,15-18,20H2,(H,35,38). The molecule has 240 valence electrons. The van der Waals surface area contributed by atoms with Gasteiger partial charge in [-0.15, -0.1) is 11.3 Å². The van der Waals surface area contributed by atoms with E-state index >= 15 is 0 Å². The highest BCUT2D eigenvalue weighted by Gasteiger charge is 2.52. The first-order valence-electron chi connectivity index (χ1n) is 15.5. The van der Waals surface area contributed by atoms with Crippen molar-refractivity contribution in [1.82, 2.24) is 20.9 Å². The Morgan fingerprint density at radius 1 is 1.07 bits per heavy atom. The summed E-state index contributed by atoms with van der Waals surface area (Å²) in [5.74, 6) is 1.79. The maximum atomic E-state index is 14.5. The Bertz CT molecular complexity index is 1600. The van der Waals surface area contributed by atoms with Crippen LogP contribution in [-0.2, 0) is 33.7 Å². The third-order valence-electron chi connectivity index (χ3n) is 8.87. The van der Waals surface area contributed by atoms with Crippen molar-refractivity contribution in [2.24, 2.45) is 0 Å². The highest BCUT2D eigenvalue weighted by molar-refractivity contribution is 7.96. The number of hydrogen-bond acceptors (Lipinski definition) is 11. The molecule has 2 atom stereocenters. The van der Waals surface area contributed by atoms with Crippen LogP contribution >= 0.6 is 11.3 Å². The van der Waals surface area contributed by atoms with Gasteiger partial charge >= 0.3 is 0 Å². The van der Waals surface area contributed by atoms with Gasteiger partial charge in [-0.25, -0.2) is 33.5 Å². The average molecular weight is 655 g/mol. The number of aromatic nitrogens is 1. The van der Waals surface area contributed by atoms with E-state index in [-0.39, 0.29) is 23.9 Å². The van der Waals surface area contributed by atoms with Crippen molar-refractivity contribution in [3.8, 4) is 21.8 Å². The molecule has 1 saturated carbocycles. The molecule has 0 radical (unpaired) electrons. The fourth-order valence-electron chi connectivity index (χ4n) is 6.36. The monoisotopic (exact) mass is 654 g/mol. The van der Waals surface area contributed by atoms with Crippen LogP contribution in [0.1, 0.15) is 69.1 Å². The highest BCUT2D eigenvalue weighted by Crippen LogP contribution is 2.47. The molecule has 1 aliphatic carbocycles. The van der Waals surface area contributed by atoms with E-state index in [4.69, 9.17) is 14.0 Å². The molecule has 11 nitrogen and oxygen atoms in total. The number of benzene rings is 1. The summed E-state index contributed by atoms with van der Waals surface area (Å²) in [4.78, 5) is 36.2. The number of amides is 1. The van der Waals surface area contributed by atoms with Gasteiger partial charge in [-0.05, 0) is 49.8 Å². The molecule has 0 bridgehead atoms. The summed E-state index contributed by atoms with van der Waals surface area (Å²) in [7, 11) is -4.33. The van der Waals surface area contributed by atoms with Crippen molar-refractivity contribution >= 4 is 33.0 Å². The summed E-state index contributed by atoms with van der Waals surface area (Å²) in [5.41, 5.74) is 7.66. The molecule has 2 saturated heterocycles. The van der Waals surface area contributed by atoms with E-state index < -0.39 is 33.2 Å². The molecule has 13 heteroatoms. The molecule has 2 unspecified atom stereocenters. The molecular formula is C32H38N4O7S2. The Balaban J connectivity index is 1.31. The van der Waals surface area contributed by atoms with E-state index in [2.05, 4.69) is 15.9 Å². The van der Waals surface area contributed by atoms with Crippen molar-refractivity contribution in [2.45, 2.75) is 81.3 Å². The normalized spacial score (nSPS) is 24.5. The number of ether oxygens (including phenoxy) is 1. The van der Waals surface area contributed by atoms with Crippen LogP contribution in [0.25, 0.3) is 21.8 Å². The number of thiophene rings is 1. The molecule has 3 fully saturated rings. The predicted octanol–water partition coefficient (Wildman–Crippen LogP) is 4.90. The second-order valence-electron chi connectivity index (χ2n) is 11.9. The van der Waals surface area contributed by atoms with Gasteiger partial charge < -0.3 is 9.15 Å². The zero-order valence-corrected chi connectivity index (χ0v) is 26.7. The minimum absolute atomic E-state index is 0.0952. The molecule has 3 aromatic rings. The summed E-state index contributed by atoms with van der Waals surface area (Å²) < 4.78 is 38.2. The van der Waals surface area contributed by atoms with Crippen molar-refractivity contribution in [3.05, 3.63) is 58.8 Å². The van der Waals surface area contributed by atoms with E-state index in [9.17, 15) is 18.0 Å². The van der Waals surface area contributed by atoms with Gasteiger partial charge in [0.15, 0.2) is 28.3 Å². The molecule has 2 aliphatic heterocycles. The van der Waals surface area contributed by atoms with Gasteiger partial charge in [0.25, 0.3) is 0 Å².